The number of halogens is 3. The summed E-state index contributed by atoms with van der Waals surface area (Å²) in [7, 11) is 0. The van der Waals surface area contributed by atoms with E-state index in [-0.39, 0.29) is 5.75 Å². The zero-order valence-corrected chi connectivity index (χ0v) is 10.8. The highest BCUT2D eigenvalue weighted by atomic mass is 19.4. The molecule has 0 fully saturated rings. The van der Waals surface area contributed by atoms with Gasteiger partial charge in [-0.05, 0) is 42.0 Å². The van der Waals surface area contributed by atoms with Gasteiger partial charge in [-0.1, -0.05) is 18.2 Å². The quantitative estimate of drug-likeness (QED) is 0.742. The van der Waals surface area contributed by atoms with Crippen molar-refractivity contribution in [3.05, 3.63) is 65.7 Å². The Labute approximate surface area is 119 Å². The Balaban J connectivity index is 2.15. The molecule has 0 aliphatic carbocycles. The standard InChI is InChI=1S/C16H10F3NO/c17-16(18,19)13-4-1-5-15(11-13)21-14-8-6-12(7-9-14)3-2-10-20/h1-9,11H/b3-2+. The van der Waals surface area contributed by atoms with E-state index in [4.69, 9.17) is 10.00 Å². The van der Waals surface area contributed by atoms with Crippen molar-refractivity contribution >= 4 is 6.08 Å². The molecule has 106 valence electrons. The molecule has 0 radical (unpaired) electrons. The van der Waals surface area contributed by atoms with Gasteiger partial charge in [0.25, 0.3) is 0 Å². The summed E-state index contributed by atoms with van der Waals surface area (Å²) in [5.41, 5.74) is 0.0431. The SMILES string of the molecule is N#C/C=C/c1ccc(Oc2cccc(C(F)(F)F)c2)cc1. The van der Waals surface area contributed by atoms with Gasteiger partial charge in [-0.3, -0.25) is 0 Å². The molecule has 0 amide bonds. The van der Waals surface area contributed by atoms with Crippen LogP contribution in [0, 0.1) is 11.3 Å². The van der Waals surface area contributed by atoms with Crippen molar-refractivity contribution < 1.29 is 17.9 Å². The molecule has 0 aliphatic heterocycles. The Hall–Kier alpha value is -2.74. The Morgan fingerprint density at radius 2 is 1.71 bits per heavy atom. The van der Waals surface area contributed by atoms with Crippen LogP contribution < -0.4 is 4.74 Å². The minimum absolute atomic E-state index is 0.116. The largest absolute Gasteiger partial charge is 0.457 e. The summed E-state index contributed by atoms with van der Waals surface area (Å²) >= 11 is 0. The second-order valence-electron chi connectivity index (χ2n) is 4.16. The topological polar surface area (TPSA) is 33.0 Å². The van der Waals surface area contributed by atoms with Crippen LogP contribution >= 0.6 is 0 Å². The van der Waals surface area contributed by atoms with Gasteiger partial charge in [0.1, 0.15) is 11.5 Å². The Morgan fingerprint density at radius 3 is 2.33 bits per heavy atom. The van der Waals surface area contributed by atoms with Gasteiger partial charge >= 0.3 is 6.18 Å². The third-order valence-corrected chi connectivity index (χ3v) is 2.63. The molecular formula is C16H10F3NO. The molecule has 0 aliphatic rings. The fourth-order valence-corrected chi connectivity index (χ4v) is 1.65. The zero-order chi connectivity index (χ0) is 15.3. The normalized spacial score (nSPS) is 11.3. The molecule has 0 unspecified atom stereocenters. The highest BCUT2D eigenvalue weighted by Crippen LogP contribution is 2.32. The number of ether oxygens (including phenoxy) is 1. The number of hydrogen-bond donors (Lipinski definition) is 0. The maximum atomic E-state index is 12.6. The molecule has 21 heavy (non-hydrogen) atoms. The molecule has 0 N–H and O–H groups in total. The smallest absolute Gasteiger partial charge is 0.416 e. The second-order valence-corrected chi connectivity index (χ2v) is 4.16. The first-order chi connectivity index (χ1) is 9.99. The van der Waals surface area contributed by atoms with Crippen molar-refractivity contribution in [3.8, 4) is 17.6 Å². The van der Waals surface area contributed by atoms with Gasteiger partial charge in [-0.2, -0.15) is 18.4 Å². The average Bonchev–Trinajstić information content (AvgIpc) is 2.46. The number of alkyl halides is 3. The van der Waals surface area contributed by atoms with Crippen LogP contribution in [-0.4, -0.2) is 0 Å². The Bertz CT molecular complexity index is 682. The van der Waals surface area contributed by atoms with Crippen LogP contribution in [0.3, 0.4) is 0 Å². The molecule has 0 heterocycles. The molecule has 0 saturated heterocycles. The lowest BCUT2D eigenvalue weighted by atomic mass is 10.2. The average molecular weight is 289 g/mol. The first-order valence-electron chi connectivity index (χ1n) is 6.00. The van der Waals surface area contributed by atoms with Crippen LogP contribution in [0.25, 0.3) is 6.08 Å². The maximum absolute atomic E-state index is 12.6. The van der Waals surface area contributed by atoms with Gasteiger partial charge in [0.15, 0.2) is 0 Å². The van der Waals surface area contributed by atoms with E-state index in [0.717, 1.165) is 17.7 Å². The molecule has 5 heteroatoms. The van der Waals surface area contributed by atoms with E-state index in [1.54, 1.807) is 30.3 Å². The number of rotatable bonds is 3. The van der Waals surface area contributed by atoms with Crippen molar-refractivity contribution in [1.29, 1.82) is 5.26 Å². The van der Waals surface area contributed by atoms with Crippen LogP contribution in [0.1, 0.15) is 11.1 Å². The van der Waals surface area contributed by atoms with Gasteiger partial charge in [-0.15, -0.1) is 0 Å². The van der Waals surface area contributed by atoms with E-state index in [9.17, 15) is 13.2 Å². The van der Waals surface area contributed by atoms with Gasteiger partial charge in [0.2, 0.25) is 0 Å². The van der Waals surface area contributed by atoms with Crippen LogP contribution in [0.4, 0.5) is 13.2 Å². The van der Waals surface area contributed by atoms with Crippen LogP contribution in [0.2, 0.25) is 0 Å². The third kappa shape index (κ3) is 4.11. The predicted octanol–water partition coefficient (Wildman–Crippen LogP) is 5.03. The monoisotopic (exact) mass is 289 g/mol. The number of nitrogens with zero attached hydrogens (tertiary/aromatic N) is 1. The molecule has 0 bridgehead atoms. The highest BCUT2D eigenvalue weighted by Gasteiger charge is 2.30. The lowest BCUT2D eigenvalue weighted by Crippen LogP contribution is -2.04. The van der Waals surface area contributed by atoms with Crippen molar-refractivity contribution in [2.75, 3.05) is 0 Å². The van der Waals surface area contributed by atoms with Crippen LogP contribution in [0.15, 0.2) is 54.6 Å². The molecular weight excluding hydrogens is 279 g/mol. The fraction of sp³-hybridized carbons (Fsp3) is 0.0625. The molecule has 2 aromatic rings. The number of allylic oxidation sites excluding steroid dienone is 1. The fourth-order valence-electron chi connectivity index (χ4n) is 1.65. The molecule has 0 spiro atoms. The summed E-state index contributed by atoms with van der Waals surface area (Å²) in [5, 5.41) is 8.42. The minimum Gasteiger partial charge on any atom is -0.457 e. The first kappa shape index (κ1) is 14.7. The Kier molecular flexibility index (Phi) is 4.29. The lowest BCUT2D eigenvalue weighted by molar-refractivity contribution is -0.137. The van der Waals surface area contributed by atoms with Crippen LogP contribution in [-0.2, 0) is 6.18 Å². The molecule has 2 nitrogen and oxygen atoms in total. The summed E-state index contributed by atoms with van der Waals surface area (Å²) in [4.78, 5) is 0. The lowest BCUT2D eigenvalue weighted by Gasteiger charge is -2.10. The summed E-state index contributed by atoms with van der Waals surface area (Å²) in [6.45, 7) is 0. The summed E-state index contributed by atoms with van der Waals surface area (Å²) in [6.07, 6.45) is -1.44. The van der Waals surface area contributed by atoms with E-state index in [0.29, 0.717) is 5.75 Å². The third-order valence-electron chi connectivity index (χ3n) is 2.63. The molecule has 0 atom stereocenters. The molecule has 0 saturated carbocycles. The van der Waals surface area contributed by atoms with Gasteiger partial charge < -0.3 is 4.74 Å². The number of benzene rings is 2. The predicted molar refractivity (Wildman–Crippen MR) is 72.6 cm³/mol. The summed E-state index contributed by atoms with van der Waals surface area (Å²) < 4.78 is 43.1. The van der Waals surface area contributed by atoms with Crippen molar-refractivity contribution in [3.63, 3.8) is 0 Å². The van der Waals surface area contributed by atoms with Crippen molar-refractivity contribution in [1.82, 2.24) is 0 Å². The van der Waals surface area contributed by atoms with Crippen molar-refractivity contribution in [2.24, 2.45) is 0 Å². The Morgan fingerprint density at radius 1 is 1.00 bits per heavy atom. The van der Waals surface area contributed by atoms with Gasteiger partial charge in [0, 0.05) is 6.08 Å². The zero-order valence-electron chi connectivity index (χ0n) is 10.8. The highest BCUT2D eigenvalue weighted by molar-refractivity contribution is 5.53. The van der Waals surface area contributed by atoms with Gasteiger partial charge in [-0.25, -0.2) is 0 Å². The first-order valence-corrected chi connectivity index (χ1v) is 6.00. The molecule has 2 aromatic carbocycles. The number of nitriles is 1. The van der Waals surface area contributed by atoms with Crippen LogP contribution in [0.5, 0.6) is 11.5 Å². The molecule has 2 rings (SSSR count). The van der Waals surface area contributed by atoms with E-state index < -0.39 is 11.7 Å². The molecule has 0 aromatic heterocycles. The van der Waals surface area contributed by atoms with E-state index >= 15 is 0 Å². The maximum Gasteiger partial charge on any atom is 0.416 e. The van der Waals surface area contributed by atoms with E-state index in [2.05, 4.69) is 0 Å². The van der Waals surface area contributed by atoms with E-state index in [1.807, 2.05) is 6.07 Å². The van der Waals surface area contributed by atoms with Gasteiger partial charge in [0.05, 0.1) is 11.6 Å². The number of hydrogen-bond acceptors (Lipinski definition) is 2. The summed E-state index contributed by atoms with van der Waals surface area (Å²) in [5.74, 6) is 0.536. The second kappa shape index (κ2) is 6.14. The minimum atomic E-state index is -4.40. The summed E-state index contributed by atoms with van der Waals surface area (Å²) in [6, 6.07) is 13.2. The van der Waals surface area contributed by atoms with E-state index in [1.165, 1.54) is 18.2 Å². The van der Waals surface area contributed by atoms with Crippen molar-refractivity contribution in [2.45, 2.75) is 6.18 Å².